The summed E-state index contributed by atoms with van der Waals surface area (Å²) in [5.74, 6) is 0. The van der Waals surface area contributed by atoms with E-state index in [2.05, 4.69) is 29.6 Å². The van der Waals surface area contributed by atoms with Crippen LogP contribution < -0.4 is 5.32 Å². The van der Waals surface area contributed by atoms with Gasteiger partial charge in [0.15, 0.2) is 0 Å². The fourth-order valence-electron chi connectivity index (χ4n) is 2.37. The van der Waals surface area contributed by atoms with Crippen molar-refractivity contribution in [2.24, 2.45) is 0 Å². The summed E-state index contributed by atoms with van der Waals surface area (Å²) in [7, 11) is 0. The number of hydrogen-bond acceptors (Lipinski definition) is 3. The Morgan fingerprint density at radius 2 is 1.70 bits per heavy atom. The monoisotopic (exact) mass is 319 g/mol. The highest BCUT2D eigenvalue weighted by molar-refractivity contribution is 5.66. The molecule has 0 unspecified atom stereocenters. The van der Waals surface area contributed by atoms with Crippen LogP contribution in [0.3, 0.4) is 0 Å². The maximum absolute atomic E-state index is 11.4. The Morgan fingerprint density at radius 3 is 2.48 bits per heavy atom. The maximum atomic E-state index is 11.4. The number of rotatable bonds is 13. The molecule has 0 saturated carbocycles. The highest BCUT2D eigenvalue weighted by atomic mass is 16.5. The van der Waals surface area contributed by atoms with Gasteiger partial charge in [0.1, 0.15) is 6.29 Å². The van der Waals surface area contributed by atoms with Gasteiger partial charge < -0.3 is 14.8 Å². The molecule has 0 radical (unpaired) electrons. The van der Waals surface area contributed by atoms with Crippen molar-refractivity contribution < 1.29 is 14.3 Å². The highest BCUT2D eigenvalue weighted by Gasteiger charge is 2.00. The van der Waals surface area contributed by atoms with Crippen molar-refractivity contribution >= 4 is 12.4 Å². The van der Waals surface area contributed by atoms with Crippen molar-refractivity contribution in [1.29, 1.82) is 0 Å². The number of benzene rings is 1. The van der Waals surface area contributed by atoms with E-state index in [1.165, 1.54) is 12.0 Å². The lowest BCUT2D eigenvalue weighted by Crippen LogP contribution is -2.25. The normalized spacial score (nSPS) is 10.3. The predicted octanol–water partition coefficient (Wildman–Crippen LogP) is 4.28. The molecule has 0 aromatic heterocycles. The number of ether oxygens (including phenoxy) is 1. The lowest BCUT2D eigenvalue weighted by molar-refractivity contribution is -0.107. The summed E-state index contributed by atoms with van der Waals surface area (Å²) < 4.78 is 5.13. The number of amides is 1. The SMILES string of the molecule is O=CCCCCCNC(=O)OCCCCCCc1ccccc1. The van der Waals surface area contributed by atoms with Gasteiger partial charge in [-0.25, -0.2) is 4.79 Å². The molecule has 0 aliphatic heterocycles. The molecule has 0 bridgehead atoms. The summed E-state index contributed by atoms with van der Waals surface area (Å²) in [6.07, 6.45) is 9.42. The molecule has 4 nitrogen and oxygen atoms in total. The van der Waals surface area contributed by atoms with Gasteiger partial charge in [-0.2, -0.15) is 0 Å². The Morgan fingerprint density at radius 1 is 0.957 bits per heavy atom. The Kier molecular flexibility index (Phi) is 11.5. The minimum absolute atomic E-state index is 0.329. The van der Waals surface area contributed by atoms with Crippen LogP contribution >= 0.6 is 0 Å². The standard InChI is InChI=1S/C19H29NO3/c21-16-10-3-2-9-15-20-19(22)23-17-11-4-1-6-12-18-13-7-5-8-14-18/h5,7-8,13-14,16H,1-4,6,9-12,15,17H2,(H,20,22). The third kappa shape index (κ3) is 11.4. The van der Waals surface area contributed by atoms with Gasteiger partial charge in [0.05, 0.1) is 6.61 Å². The molecule has 128 valence electrons. The molecule has 0 atom stereocenters. The molecule has 23 heavy (non-hydrogen) atoms. The van der Waals surface area contributed by atoms with Gasteiger partial charge in [0.2, 0.25) is 0 Å². The second kappa shape index (κ2) is 13.8. The van der Waals surface area contributed by atoms with Crippen LogP contribution in [0, 0.1) is 0 Å². The van der Waals surface area contributed by atoms with E-state index in [9.17, 15) is 9.59 Å². The second-order valence-corrected chi connectivity index (χ2v) is 5.73. The molecule has 1 aromatic rings. The molecule has 1 N–H and O–H groups in total. The summed E-state index contributed by atoms with van der Waals surface area (Å²) in [4.78, 5) is 21.6. The quantitative estimate of drug-likeness (QED) is 0.436. The molecule has 0 aliphatic carbocycles. The van der Waals surface area contributed by atoms with E-state index in [1.807, 2.05) is 6.07 Å². The molecule has 0 spiro atoms. The summed E-state index contributed by atoms with van der Waals surface area (Å²) in [6.45, 7) is 1.11. The smallest absolute Gasteiger partial charge is 0.407 e. The van der Waals surface area contributed by atoms with Crippen LogP contribution in [0.25, 0.3) is 0 Å². The van der Waals surface area contributed by atoms with E-state index >= 15 is 0 Å². The van der Waals surface area contributed by atoms with Gasteiger partial charge in [-0.05, 0) is 37.7 Å². The molecule has 1 aromatic carbocycles. The zero-order valence-electron chi connectivity index (χ0n) is 14.0. The number of aldehydes is 1. The molecule has 1 rings (SSSR count). The highest BCUT2D eigenvalue weighted by Crippen LogP contribution is 2.07. The first-order valence-electron chi connectivity index (χ1n) is 8.71. The van der Waals surface area contributed by atoms with Gasteiger partial charge in [0, 0.05) is 13.0 Å². The summed E-state index contributed by atoms with van der Waals surface area (Å²) in [5.41, 5.74) is 1.39. The van der Waals surface area contributed by atoms with Gasteiger partial charge >= 0.3 is 6.09 Å². The minimum atomic E-state index is -0.329. The molecule has 0 saturated heterocycles. The largest absolute Gasteiger partial charge is 0.450 e. The van der Waals surface area contributed by atoms with E-state index in [0.717, 1.165) is 51.2 Å². The Balaban J connectivity index is 1.84. The molecule has 0 heterocycles. The zero-order valence-corrected chi connectivity index (χ0v) is 14.0. The van der Waals surface area contributed by atoms with Gasteiger partial charge in [-0.1, -0.05) is 49.6 Å². The number of carbonyl (C=O) groups is 2. The van der Waals surface area contributed by atoms with Crippen LogP contribution in [0.5, 0.6) is 0 Å². The van der Waals surface area contributed by atoms with E-state index in [4.69, 9.17) is 4.74 Å². The van der Waals surface area contributed by atoms with E-state index in [-0.39, 0.29) is 6.09 Å². The molecule has 4 heteroatoms. The molecule has 0 fully saturated rings. The maximum Gasteiger partial charge on any atom is 0.407 e. The lowest BCUT2D eigenvalue weighted by Gasteiger charge is -2.07. The Bertz CT molecular complexity index is 420. The van der Waals surface area contributed by atoms with Crippen LogP contribution in [-0.4, -0.2) is 25.5 Å². The van der Waals surface area contributed by atoms with Gasteiger partial charge in [-0.3, -0.25) is 0 Å². The van der Waals surface area contributed by atoms with Crippen LogP contribution in [0.15, 0.2) is 30.3 Å². The number of carbonyl (C=O) groups excluding carboxylic acids is 2. The van der Waals surface area contributed by atoms with Crippen LogP contribution in [0.1, 0.15) is 56.9 Å². The first kappa shape index (κ1) is 19.2. The van der Waals surface area contributed by atoms with Crippen LogP contribution in [-0.2, 0) is 16.0 Å². The predicted molar refractivity (Wildman–Crippen MR) is 92.5 cm³/mol. The minimum Gasteiger partial charge on any atom is -0.450 e. The van der Waals surface area contributed by atoms with E-state index in [0.29, 0.717) is 19.6 Å². The van der Waals surface area contributed by atoms with E-state index < -0.39 is 0 Å². The first-order valence-corrected chi connectivity index (χ1v) is 8.71. The third-order valence-corrected chi connectivity index (χ3v) is 3.70. The Hall–Kier alpha value is -1.84. The number of unbranched alkanes of at least 4 members (excludes halogenated alkanes) is 6. The summed E-state index contributed by atoms with van der Waals surface area (Å²) in [5, 5.41) is 2.73. The van der Waals surface area contributed by atoms with Gasteiger partial charge in [0.25, 0.3) is 0 Å². The lowest BCUT2D eigenvalue weighted by atomic mass is 10.1. The number of nitrogens with one attached hydrogen (secondary N) is 1. The van der Waals surface area contributed by atoms with Crippen molar-refractivity contribution in [3.63, 3.8) is 0 Å². The zero-order chi connectivity index (χ0) is 16.6. The third-order valence-electron chi connectivity index (χ3n) is 3.70. The van der Waals surface area contributed by atoms with Crippen LogP contribution in [0.4, 0.5) is 4.79 Å². The molecular formula is C19H29NO3. The summed E-state index contributed by atoms with van der Waals surface area (Å²) in [6, 6.07) is 10.5. The van der Waals surface area contributed by atoms with Crippen molar-refractivity contribution in [3.05, 3.63) is 35.9 Å². The molecular weight excluding hydrogens is 290 g/mol. The number of aryl methyl sites for hydroxylation is 1. The molecule has 0 aliphatic rings. The van der Waals surface area contributed by atoms with Crippen molar-refractivity contribution in [3.8, 4) is 0 Å². The molecule has 1 amide bonds. The van der Waals surface area contributed by atoms with Gasteiger partial charge in [-0.15, -0.1) is 0 Å². The fraction of sp³-hybridized carbons (Fsp3) is 0.579. The number of alkyl carbamates (subject to hydrolysis) is 1. The van der Waals surface area contributed by atoms with Crippen LogP contribution in [0.2, 0.25) is 0 Å². The fourth-order valence-corrected chi connectivity index (χ4v) is 2.37. The topological polar surface area (TPSA) is 55.4 Å². The van der Waals surface area contributed by atoms with E-state index in [1.54, 1.807) is 0 Å². The first-order chi connectivity index (χ1) is 11.3. The average Bonchev–Trinajstić information content (AvgIpc) is 2.58. The van der Waals surface area contributed by atoms with Crippen molar-refractivity contribution in [2.75, 3.05) is 13.2 Å². The summed E-state index contributed by atoms with van der Waals surface area (Å²) >= 11 is 0. The van der Waals surface area contributed by atoms with Crippen molar-refractivity contribution in [2.45, 2.75) is 57.8 Å². The van der Waals surface area contributed by atoms with Crippen molar-refractivity contribution in [1.82, 2.24) is 5.32 Å². The average molecular weight is 319 g/mol. The number of hydrogen-bond donors (Lipinski definition) is 1. The Labute approximate surface area is 139 Å². The second-order valence-electron chi connectivity index (χ2n) is 5.73.